The van der Waals surface area contributed by atoms with Crippen molar-refractivity contribution in [3.8, 4) is 11.5 Å². The zero-order chi connectivity index (χ0) is 18.9. The van der Waals surface area contributed by atoms with Crippen LogP contribution in [-0.4, -0.2) is 19.2 Å². The van der Waals surface area contributed by atoms with Crippen LogP contribution in [0.15, 0.2) is 84.0 Å². The van der Waals surface area contributed by atoms with Crippen LogP contribution in [0.25, 0.3) is 0 Å². The Morgan fingerprint density at radius 1 is 0.963 bits per heavy atom. The second-order valence-corrected chi connectivity index (χ2v) is 5.75. The van der Waals surface area contributed by atoms with E-state index >= 15 is 0 Å². The van der Waals surface area contributed by atoms with Gasteiger partial charge in [0, 0.05) is 5.56 Å². The Hall–Kier alpha value is -3.60. The van der Waals surface area contributed by atoms with E-state index in [-0.39, 0.29) is 5.91 Å². The maximum absolute atomic E-state index is 12.0. The van der Waals surface area contributed by atoms with E-state index in [1.807, 2.05) is 48.5 Å². The third kappa shape index (κ3) is 5.19. The van der Waals surface area contributed by atoms with Gasteiger partial charge in [0.2, 0.25) is 0 Å². The van der Waals surface area contributed by atoms with Crippen LogP contribution in [-0.2, 0) is 6.61 Å². The van der Waals surface area contributed by atoms with Gasteiger partial charge in [-0.3, -0.25) is 4.79 Å². The molecule has 0 spiro atoms. The standard InChI is InChI=1S/C22H20N2O3/c1-26-21-14-18(15-23-24-22(25)19-10-6-3-7-11-19)12-13-20(21)27-16-17-8-4-2-5-9-17/h2-15H,16H2,1H3,(H,24,25). The molecule has 0 atom stereocenters. The molecule has 27 heavy (non-hydrogen) atoms. The van der Waals surface area contributed by atoms with E-state index in [0.29, 0.717) is 23.7 Å². The molecule has 5 heteroatoms. The normalized spacial score (nSPS) is 10.6. The molecule has 3 aromatic rings. The average Bonchev–Trinajstić information content (AvgIpc) is 2.74. The van der Waals surface area contributed by atoms with E-state index in [2.05, 4.69) is 10.5 Å². The molecule has 0 unspecified atom stereocenters. The van der Waals surface area contributed by atoms with E-state index < -0.39 is 0 Å². The van der Waals surface area contributed by atoms with E-state index in [4.69, 9.17) is 9.47 Å². The second-order valence-electron chi connectivity index (χ2n) is 5.75. The first kappa shape index (κ1) is 18.2. The summed E-state index contributed by atoms with van der Waals surface area (Å²) in [7, 11) is 1.59. The number of amides is 1. The Kier molecular flexibility index (Phi) is 6.20. The molecule has 0 heterocycles. The molecular weight excluding hydrogens is 340 g/mol. The van der Waals surface area contributed by atoms with Crippen molar-refractivity contribution in [3.63, 3.8) is 0 Å². The van der Waals surface area contributed by atoms with Crippen LogP contribution in [0.1, 0.15) is 21.5 Å². The fraction of sp³-hybridized carbons (Fsp3) is 0.0909. The van der Waals surface area contributed by atoms with E-state index in [1.165, 1.54) is 0 Å². The topological polar surface area (TPSA) is 59.9 Å². The number of nitrogens with one attached hydrogen (secondary N) is 1. The van der Waals surface area contributed by atoms with Gasteiger partial charge in [-0.2, -0.15) is 5.10 Å². The zero-order valence-electron chi connectivity index (χ0n) is 15.0. The minimum Gasteiger partial charge on any atom is -0.493 e. The third-order valence-electron chi connectivity index (χ3n) is 3.84. The molecule has 3 aromatic carbocycles. The first-order valence-electron chi connectivity index (χ1n) is 8.49. The van der Waals surface area contributed by atoms with Crippen molar-refractivity contribution in [2.75, 3.05) is 7.11 Å². The largest absolute Gasteiger partial charge is 0.493 e. The number of hydrogen-bond donors (Lipinski definition) is 1. The van der Waals surface area contributed by atoms with Crippen LogP contribution in [0.3, 0.4) is 0 Å². The number of benzene rings is 3. The summed E-state index contributed by atoms with van der Waals surface area (Å²) in [6, 6.07) is 24.3. The number of ether oxygens (including phenoxy) is 2. The minimum absolute atomic E-state index is 0.262. The summed E-state index contributed by atoms with van der Waals surface area (Å²) >= 11 is 0. The SMILES string of the molecule is COc1cc(C=NNC(=O)c2ccccc2)ccc1OCc1ccccc1. The predicted molar refractivity (Wildman–Crippen MR) is 105 cm³/mol. The van der Waals surface area contributed by atoms with Gasteiger partial charge < -0.3 is 9.47 Å². The Labute approximate surface area is 158 Å². The van der Waals surface area contributed by atoms with Gasteiger partial charge in [-0.05, 0) is 41.5 Å². The molecular formula is C22H20N2O3. The Bertz CT molecular complexity index is 909. The smallest absolute Gasteiger partial charge is 0.271 e. The molecule has 0 aromatic heterocycles. The van der Waals surface area contributed by atoms with Gasteiger partial charge in [0.1, 0.15) is 6.61 Å². The summed E-state index contributed by atoms with van der Waals surface area (Å²) in [4.78, 5) is 12.0. The Morgan fingerprint density at radius 2 is 1.67 bits per heavy atom. The van der Waals surface area contributed by atoms with Crippen LogP contribution in [0.2, 0.25) is 0 Å². The quantitative estimate of drug-likeness (QED) is 0.511. The summed E-state index contributed by atoms with van der Waals surface area (Å²) in [6.45, 7) is 0.456. The monoisotopic (exact) mass is 360 g/mol. The van der Waals surface area contributed by atoms with Crippen molar-refractivity contribution in [2.45, 2.75) is 6.61 Å². The van der Waals surface area contributed by atoms with Crippen molar-refractivity contribution >= 4 is 12.1 Å². The van der Waals surface area contributed by atoms with Crippen LogP contribution in [0.5, 0.6) is 11.5 Å². The maximum Gasteiger partial charge on any atom is 0.271 e. The van der Waals surface area contributed by atoms with Crippen molar-refractivity contribution < 1.29 is 14.3 Å². The molecule has 0 bridgehead atoms. The van der Waals surface area contributed by atoms with Crippen molar-refractivity contribution in [1.29, 1.82) is 0 Å². The first-order valence-corrected chi connectivity index (χ1v) is 8.49. The van der Waals surface area contributed by atoms with Gasteiger partial charge in [-0.25, -0.2) is 5.43 Å². The highest BCUT2D eigenvalue weighted by molar-refractivity contribution is 5.94. The van der Waals surface area contributed by atoms with Crippen molar-refractivity contribution in [1.82, 2.24) is 5.43 Å². The number of rotatable bonds is 7. The molecule has 0 fully saturated rings. The lowest BCUT2D eigenvalue weighted by atomic mass is 10.2. The number of methoxy groups -OCH3 is 1. The highest BCUT2D eigenvalue weighted by atomic mass is 16.5. The number of carbonyl (C=O) groups is 1. The fourth-order valence-corrected chi connectivity index (χ4v) is 2.44. The summed E-state index contributed by atoms with van der Waals surface area (Å²) in [5.74, 6) is 0.984. The molecule has 0 radical (unpaired) electrons. The summed E-state index contributed by atoms with van der Waals surface area (Å²) in [5.41, 5.74) is 4.92. The molecule has 5 nitrogen and oxygen atoms in total. The second kappa shape index (κ2) is 9.20. The lowest BCUT2D eigenvalue weighted by Crippen LogP contribution is -2.17. The number of hydrazone groups is 1. The molecule has 1 amide bonds. The number of hydrogen-bond acceptors (Lipinski definition) is 4. The molecule has 0 aliphatic rings. The van der Waals surface area contributed by atoms with Crippen LogP contribution < -0.4 is 14.9 Å². The number of carbonyl (C=O) groups excluding carboxylic acids is 1. The molecule has 0 aliphatic carbocycles. The van der Waals surface area contributed by atoms with Gasteiger partial charge in [-0.1, -0.05) is 48.5 Å². The Balaban J connectivity index is 1.62. The van der Waals surface area contributed by atoms with Gasteiger partial charge >= 0.3 is 0 Å². The van der Waals surface area contributed by atoms with Gasteiger partial charge in [0.05, 0.1) is 13.3 Å². The first-order chi connectivity index (χ1) is 13.3. The fourth-order valence-electron chi connectivity index (χ4n) is 2.44. The maximum atomic E-state index is 12.0. The predicted octanol–water partition coefficient (Wildman–Crippen LogP) is 4.04. The van der Waals surface area contributed by atoms with E-state index in [0.717, 1.165) is 11.1 Å². The summed E-state index contributed by atoms with van der Waals surface area (Å²) in [5, 5.41) is 4.00. The molecule has 0 saturated heterocycles. The molecule has 136 valence electrons. The van der Waals surface area contributed by atoms with Crippen LogP contribution in [0, 0.1) is 0 Å². The zero-order valence-corrected chi connectivity index (χ0v) is 15.0. The van der Waals surface area contributed by atoms with Crippen LogP contribution >= 0.6 is 0 Å². The molecule has 0 aliphatic heterocycles. The highest BCUT2D eigenvalue weighted by Gasteiger charge is 2.06. The van der Waals surface area contributed by atoms with Crippen molar-refractivity contribution in [2.24, 2.45) is 5.10 Å². The minimum atomic E-state index is -0.262. The Morgan fingerprint density at radius 3 is 2.37 bits per heavy atom. The molecule has 3 rings (SSSR count). The van der Waals surface area contributed by atoms with Crippen molar-refractivity contribution in [3.05, 3.63) is 95.6 Å². The van der Waals surface area contributed by atoms with Crippen LogP contribution in [0.4, 0.5) is 0 Å². The van der Waals surface area contributed by atoms with E-state index in [1.54, 1.807) is 43.7 Å². The summed E-state index contributed by atoms with van der Waals surface area (Å²) < 4.78 is 11.2. The van der Waals surface area contributed by atoms with Gasteiger partial charge in [0.25, 0.3) is 5.91 Å². The average molecular weight is 360 g/mol. The third-order valence-corrected chi connectivity index (χ3v) is 3.84. The molecule has 1 N–H and O–H groups in total. The lowest BCUT2D eigenvalue weighted by molar-refractivity contribution is 0.0955. The molecule has 0 saturated carbocycles. The number of nitrogens with zero attached hydrogens (tertiary/aromatic N) is 1. The van der Waals surface area contributed by atoms with E-state index in [9.17, 15) is 4.79 Å². The van der Waals surface area contributed by atoms with Gasteiger partial charge in [0.15, 0.2) is 11.5 Å². The summed E-state index contributed by atoms with van der Waals surface area (Å²) in [6.07, 6.45) is 1.56. The highest BCUT2D eigenvalue weighted by Crippen LogP contribution is 2.28. The van der Waals surface area contributed by atoms with Gasteiger partial charge in [-0.15, -0.1) is 0 Å². The lowest BCUT2D eigenvalue weighted by Gasteiger charge is -2.11.